The number of pyridine rings is 1. The molecule has 3 N–H and O–H groups in total. The molecule has 2 amide bonds. The van der Waals surface area contributed by atoms with E-state index in [4.69, 9.17) is 5.11 Å². The normalized spacial score (nSPS) is 10.7. The molecule has 9 heteroatoms. The lowest BCUT2D eigenvalue weighted by atomic mass is 9.94. The number of aromatic hydroxyl groups is 1. The van der Waals surface area contributed by atoms with E-state index in [0.717, 1.165) is 10.5 Å². The van der Waals surface area contributed by atoms with Crippen LogP contribution in [0.15, 0.2) is 53.5 Å². The number of anilines is 2. The van der Waals surface area contributed by atoms with Crippen LogP contribution < -0.4 is 15.8 Å². The van der Waals surface area contributed by atoms with E-state index in [1.54, 1.807) is 19.1 Å². The number of hydrogen-bond acceptors (Lipinski definition) is 4. The Hall–Kier alpha value is -4.14. The van der Waals surface area contributed by atoms with Gasteiger partial charge in [0.15, 0.2) is 5.69 Å². The van der Waals surface area contributed by atoms with Crippen LogP contribution in [0.5, 0.6) is 5.75 Å². The Morgan fingerprint density at radius 1 is 1.12 bits per heavy atom. The van der Waals surface area contributed by atoms with Crippen molar-refractivity contribution in [3.05, 3.63) is 76.0 Å². The van der Waals surface area contributed by atoms with E-state index in [2.05, 4.69) is 5.32 Å². The minimum absolute atomic E-state index is 0.168. The molecule has 172 valence electrons. The second-order valence-electron chi connectivity index (χ2n) is 7.56. The monoisotopic (exact) mass is 453 g/mol. The van der Waals surface area contributed by atoms with Crippen molar-refractivity contribution in [1.29, 1.82) is 0 Å². The quantitative estimate of drug-likeness (QED) is 0.525. The summed E-state index contributed by atoms with van der Waals surface area (Å²) in [5.74, 6) is -2.07. The third-order valence-corrected chi connectivity index (χ3v) is 5.30. The summed E-state index contributed by atoms with van der Waals surface area (Å²) in [4.78, 5) is 37.9. The van der Waals surface area contributed by atoms with Crippen molar-refractivity contribution < 1.29 is 24.2 Å². The van der Waals surface area contributed by atoms with Crippen molar-refractivity contribution in [2.45, 2.75) is 20.3 Å². The number of halogens is 1. The highest BCUT2D eigenvalue weighted by atomic mass is 19.1. The standard InChI is InChI=1S/C24H24FN3O5/c1-14-6-4-5-7-16(14)21-15(2)18(9-8-17(21)25)28(24(33)26-12-10-20(30)31)22-19(29)11-13-27(3)23(22)32/h4-9,11,13,29H,10,12H2,1-3H3,(H,26,33)(H,30,31). The van der Waals surface area contributed by atoms with Crippen molar-refractivity contribution in [3.8, 4) is 16.9 Å². The summed E-state index contributed by atoms with van der Waals surface area (Å²) < 4.78 is 16.2. The first-order chi connectivity index (χ1) is 15.6. The Kier molecular flexibility index (Phi) is 6.81. The molecule has 2 aromatic carbocycles. The molecule has 0 saturated carbocycles. The molecule has 0 spiro atoms. The molecule has 8 nitrogen and oxygen atoms in total. The first kappa shape index (κ1) is 23.5. The van der Waals surface area contributed by atoms with E-state index >= 15 is 0 Å². The van der Waals surface area contributed by atoms with Gasteiger partial charge in [-0.25, -0.2) is 9.18 Å². The summed E-state index contributed by atoms with van der Waals surface area (Å²) in [5.41, 5.74) is 1.21. The average Bonchev–Trinajstić information content (AvgIpc) is 2.76. The van der Waals surface area contributed by atoms with Gasteiger partial charge in [-0.15, -0.1) is 0 Å². The molecule has 1 aromatic heterocycles. The Morgan fingerprint density at radius 3 is 2.48 bits per heavy atom. The number of carbonyl (C=O) groups excluding carboxylic acids is 1. The van der Waals surface area contributed by atoms with E-state index in [9.17, 15) is 23.9 Å². The van der Waals surface area contributed by atoms with Gasteiger partial charge in [0.1, 0.15) is 11.6 Å². The van der Waals surface area contributed by atoms with Crippen LogP contribution in [-0.2, 0) is 11.8 Å². The number of carboxylic acid groups (broad SMARTS) is 1. The number of aliphatic carboxylic acids is 1. The van der Waals surface area contributed by atoms with Crippen LogP contribution in [0.25, 0.3) is 11.1 Å². The van der Waals surface area contributed by atoms with Crippen LogP contribution in [0.3, 0.4) is 0 Å². The average molecular weight is 453 g/mol. The van der Waals surface area contributed by atoms with E-state index in [1.165, 1.54) is 36.0 Å². The Labute approximate surface area is 189 Å². The van der Waals surface area contributed by atoms with E-state index in [-0.39, 0.29) is 29.9 Å². The van der Waals surface area contributed by atoms with Crippen molar-refractivity contribution in [3.63, 3.8) is 0 Å². The first-order valence-corrected chi connectivity index (χ1v) is 10.2. The maximum absolute atomic E-state index is 15.0. The zero-order valence-electron chi connectivity index (χ0n) is 18.4. The highest BCUT2D eigenvalue weighted by Gasteiger charge is 2.28. The molecule has 1 heterocycles. The number of hydrogen-bond donors (Lipinski definition) is 3. The van der Waals surface area contributed by atoms with Gasteiger partial charge in [-0.2, -0.15) is 0 Å². The van der Waals surface area contributed by atoms with Crippen LogP contribution in [0.1, 0.15) is 17.5 Å². The zero-order valence-corrected chi connectivity index (χ0v) is 18.4. The fraction of sp³-hybridized carbons (Fsp3) is 0.208. The molecular formula is C24H24FN3O5. The second kappa shape index (κ2) is 9.56. The number of nitrogens with one attached hydrogen (secondary N) is 1. The summed E-state index contributed by atoms with van der Waals surface area (Å²) in [7, 11) is 1.46. The highest BCUT2D eigenvalue weighted by molar-refractivity contribution is 6.02. The van der Waals surface area contributed by atoms with Gasteiger partial charge in [-0.1, -0.05) is 24.3 Å². The van der Waals surface area contributed by atoms with E-state index in [0.29, 0.717) is 11.1 Å². The van der Waals surface area contributed by atoms with Crippen LogP contribution in [0.4, 0.5) is 20.6 Å². The van der Waals surface area contributed by atoms with Gasteiger partial charge >= 0.3 is 12.0 Å². The van der Waals surface area contributed by atoms with E-state index in [1.807, 2.05) is 19.1 Å². The molecule has 3 rings (SSSR count). The number of carboxylic acids is 1. The molecule has 0 radical (unpaired) electrons. The number of urea groups is 1. The van der Waals surface area contributed by atoms with Gasteiger partial charge in [-0.05, 0) is 48.7 Å². The summed E-state index contributed by atoms with van der Waals surface area (Å²) in [5, 5.41) is 21.8. The summed E-state index contributed by atoms with van der Waals surface area (Å²) in [6.45, 7) is 3.24. The molecule has 0 atom stereocenters. The lowest BCUT2D eigenvalue weighted by Gasteiger charge is -2.26. The predicted molar refractivity (Wildman–Crippen MR) is 122 cm³/mol. The van der Waals surface area contributed by atoms with Crippen molar-refractivity contribution in [2.24, 2.45) is 7.05 Å². The smallest absolute Gasteiger partial charge is 0.326 e. The van der Waals surface area contributed by atoms with Crippen LogP contribution >= 0.6 is 0 Å². The van der Waals surface area contributed by atoms with Gasteiger partial charge in [0.25, 0.3) is 5.56 Å². The highest BCUT2D eigenvalue weighted by Crippen LogP contribution is 2.38. The number of nitrogens with zero attached hydrogens (tertiary/aromatic N) is 2. The third-order valence-electron chi connectivity index (χ3n) is 5.30. The van der Waals surface area contributed by atoms with Gasteiger partial charge < -0.3 is 20.1 Å². The van der Waals surface area contributed by atoms with Crippen molar-refractivity contribution in [1.82, 2.24) is 9.88 Å². The fourth-order valence-electron chi connectivity index (χ4n) is 3.60. The van der Waals surface area contributed by atoms with Crippen LogP contribution in [-0.4, -0.2) is 33.3 Å². The Bertz CT molecular complexity index is 1290. The molecule has 0 unspecified atom stereocenters. The van der Waals surface area contributed by atoms with Crippen LogP contribution in [0.2, 0.25) is 0 Å². The maximum atomic E-state index is 15.0. The molecule has 0 bridgehead atoms. The Balaban J connectivity index is 2.24. The number of amides is 2. The lowest BCUT2D eigenvalue weighted by molar-refractivity contribution is -0.136. The number of benzene rings is 2. The van der Waals surface area contributed by atoms with Crippen molar-refractivity contribution in [2.75, 3.05) is 11.4 Å². The molecule has 3 aromatic rings. The lowest BCUT2D eigenvalue weighted by Crippen LogP contribution is -2.41. The largest absolute Gasteiger partial charge is 0.505 e. The number of rotatable bonds is 6. The molecule has 0 aliphatic rings. The molecule has 0 aliphatic heterocycles. The zero-order chi connectivity index (χ0) is 24.3. The SMILES string of the molecule is Cc1ccccc1-c1c(F)ccc(N(C(=O)NCCC(=O)O)c2c(O)ccn(C)c2=O)c1C. The summed E-state index contributed by atoms with van der Waals surface area (Å²) in [6.07, 6.45) is 1.01. The minimum atomic E-state index is -1.11. The third kappa shape index (κ3) is 4.72. The number of aryl methyl sites for hydroxylation is 2. The van der Waals surface area contributed by atoms with Gasteiger partial charge in [-0.3, -0.25) is 14.5 Å². The van der Waals surface area contributed by atoms with Crippen molar-refractivity contribution >= 4 is 23.4 Å². The van der Waals surface area contributed by atoms with Gasteiger partial charge in [0.05, 0.1) is 12.1 Å². The van der Waals surface area contributed by atoms with Crippen LogP contribution in [0, 0.1) is 19.7 Å². The minimum Gasteiger partial charge on any atom is -0.505 e. The number of carbonyl (C=O) groups is 2. The molecule has 0 aliphatic carbocycles. The predicted octanol–water partition coefficient (Wildman–Crippen LogP) is 3.84. The Morgan fingerprint density at radius 2 is 1.82 bits per heavy atom. The summed E-state index contributed by atoms with van der Waals surface area (Å²) >= 11 is 0. The second-order valence-corrected chi connectivity index (χ2v) is 7.56. The molecule has 0 fully saturated rings. The molecular weight excluding hydrogens is 429 g/mol. The van der Waals surface area contributed by atoms with E-state index < -0.39 is 29.1 Å². The topological polar surface area (TPSA) is 112 Å². The fourth-order valence-corrected chi connectivity index (χ4v) is 3.60. The number of aromatic nitrogens is 1. The molecule has 33 heavy (non-hydrogen) atoms. The first-order valence-electron chi connectivity index (χ1n) is 10.2. The summed E-state index contributed by atoms with van der Waals surface area (Å²) in [6, 6.07) is 10.1. The van der Waals surface area contributed by atoms with Gasteiger partial charge in [0, 0.05) is 25.4 Å². The van der Waals surface area contributed by atoms with Gasteiger partial charge in [0.2, 0.25) is 0 Å². The maximum Gasteiger partial charge on any atom is 0.326 e. The molecule has 0 saturated heterocycles.